The summed E-state index contributed by atoms with van der Waals surface area (Å²) in [6.07, 6.45) is -2.35. The van der Waals surface area contributed by atoms with E-state index in [9.17, 15) is 19.6 Å². The number of halogens is 1. The second-order valence-corrected chi connectivity index (χ2v) is 8.29. The molecule has 13 heteroatoms. The number of nitrogens with one attached hydrogen (secondary N) is 1. The number of benzene rings is 2. The number of nitro groups is 1. The van der Waals surface area contributed by atoms with E-state index in [0.29, 0.717) is 17.0 Å². The van der Waals surface area contributed by atoms with Crippen molar-refractivity contribution < 1.29 is 28.6 Å². The van der Waals surface area contributed by atoms with E-state index in [-0.39, 0.29) is 11.5 Å². The van der Waals surface area contributed by atoms with Crippen molar-refractivity contribution in [2.45, 2.75) is 43.9 Å². The third-order valence-corrected chi connectivity index (χ3v) is 6.21. The number of methoxy groups -OCH3 is 2. The number of hydrogen-bond donors (Lipinski definition) is 2. The highest BCUT2D eigenvalue weighted by atomic mass is 19.1. The van der Waals surface area contributed by atoms with Gasteiger partial charge in [0.1, 0.15) is 17.7 Å². The van der Waals surface area contributed by atoms with Crippen LogP contribution in [0.2, 0.25) is 0 Å². The Morgan fingerprint density at radius 1 is 1.26 bits per heavy atom. The molecule has 0 fully saturated rings. The van der Waals surface area contributed by atoms with Crippen molar-refractivity contribution >= 4 is 11.4 Å². The van der Waals surface area contributed by atoms with Crippen molar-refractivity contribution in [3.05, 3.63) is 69.8 Å². The molecule has 3 unspecified atom stereocenters. The van der Waals surface area contributed by atoms with Gasteiger partial charge in [-0.1, -0.05) is 5.21 Å². The van der Waals surface area contributed by atoms with Gasteiger partial charge in [-0.15, -0.1) is 10.2 Å². The van der Waals surface area contributed by atoms with Crippen molar-refractivity contribution in [1.29, 1.82) is 0 Å². The summed E-state index contributed by atoms with van der Waals surface area (Å²) in [5, 5.41) is 37.5. The van der Waals surface area contributed by atoms with Gasteiger partial charge >= 0.3 is 0 Å². The number of aromatic amines is 1. The smallest absolute Gasteiger partial charge is 0.270 e. The maximum absolute atomic E-state index is 13.8. The fraction of sp³-hybridized carbons (Fsp3) is 0.409. The molecule has 2 N–H and O–H groups in total. The normalized spacial score (nSPS) is 22.4. The predicted molar refractivity (Wildman–Crippen MR) is 120 cm³/mol. The quantitative estimate of drug-likeness (QED) is 0.275. The van der Waals surface area contributed by atoms with Crippen LogP contribution in [-0.4, -0.2) is 62.9 Å². The number of tetrazole rings is 1. The maximum Gasteiger partial charge on any atom is 0.270 e. The van der Waals surface area contributed by atoms with Crippen LogP contribution < -0.4 is 9.64 Å². The molecule has 0 amide bonds. The van der Waals surface area contributed by atoms with Crippen LogP contribution in [0.4, 0.5) is 15.8 Å². The molecule has 4 atom stereocenters. The van der Waals surface area contributed by atoms with Crippen molar-refractivity contribution in [2.75, 3.05) is 19.1 Å². The molecule has 12 nitrogen and oxygen atoms in total. The van der Waals surface area contributed by atoms with Gasteiger partial charge in [0.25, 0.3) is 5.69 Å². The molecule has 35 heavy (non-hydrogen) atoms. The lowest BCUT2D eigenvalue weighted by Gasteiger charge is -2.50. The summed E-state index contributed by atoms with van der Waals surface area (Å²) < 4.78 is 30.9. The Morgan fingerprint density at radius 3 is 2.51 bits per heavy atom. The van der Waals surface area contributed by atoms with Crippen LogP contribution in [0.5, 0.6) is 5.75 Å². The lowest BCUT2D eigenvalue weighted by molar-refractivity contribution is -0.385. The first-order valence-corrected chi connectivity index (χ1v) is 10.7. The van der Waals surface area contributed by atoms with Gasteiger partial charge in [0, 0.05) is 37.6 Å². The summed E-state index contributed by atoms with van der Waals surface area (Å²) in [6, 6.07) is 8.18. The number of aromatic nitrogens is 4. The first-order valence-electron chi connectivity index (χ1n) is 10.7. The third kappa shape index (κ3) is 4.29. The van der Waals surface area contributed by atoms with Crippen LogP contribution in [0.15, 0.2) is 42.5 Å². The van der Waals surface area contributed by atoms with Gasteiger partial charge < -0.3 is 24.2 Å². The number of fused-ring (bicyclic) bond motifs is 1. The highest BCUT2D eigenvalue weighted by Gasteiger charge is 2.55. The lowest BCUT2D eigenvalue weighted by Crippen LogP contribution is -2.62. The number of H-pyrrole nitrogens is 1. The Balaban J connectivity index is 1.96. The molecule has 0 spiro atoms. The number of non-ortho nitro benzene ring substituents is 1. The minimum Gasteiger partial charge on any atom is -0.479 e. The molecule has 1 aromatic heterocycles. The average molecular weight is 488 g/mol. The molecule has 2 heterocycles. The summed E-state index contributed by atoms with van der Waals surface area (Å²) in [6.45, 7) is 3.39. The Kier molecular flexibility index (Phi) is 6.65. The van der Waals surface area contributed by atoms with Gasteiger partial charge in [-0.2, -0.15) is 5.21 Å². The molecule has 186 valence electrons. The monoisotopic (exact) mass is 488 g/mol. The average Bonchev–Trinajstić information content (AvgIpc) is 3.38. The molecule has 4 rings (SSSR count). The minimum absolute atomic E-state index is 0.186. The van der Waals surface area contributed by atoms with Crippen LogP contribution in [0, 0.1) is 15.9 Å². The minimum atomic E-state index is -1.44. The zero-order chi connectivity index (χ0) is 25.3. The lowest BCUT2D eigenvalue weighted by atomic mass is 9.82. The zero-order valence-corrected chi connectivity index (χ0v) is 19.5. The van der Waals surface area contributed by atoms with Crippen molar-refractivity contribution in [3.63, 3.8) is 0 Å². The van der Waals surface area contributed by atoms with E-state index in [4.69, 9.17) is 14.2 Å². The van der Waals surface area contributed by atoms with Gasteiger partial charge in [0.05, 0.1) is 17.0 Å². The second-order valence-electron chi connectivity index (χ2n) is 8.29. The van der Waals surface area contributed by atoms with E-state index in [1.807, 2.05) is 0 Å². The van der Waals surface area contributed by atoms with Gasteiger partial charge in [0.15, 0.2) is 17.7 Å². The van der Waals surface area contributed by atoms with E-state index >= 15 is 0 Å². The molecule has 0 aliphatic carbocycles. The number of aliphatic hydroxyl groups is 1. The number of ether oxygens (including phenoxy) is 3. The van der Waals surface area contributed by atoms with E-state index < -0.39 is 40.8 Å². The molecule has 0 radical (unpaired) electrons. The number of nitrogens with zero attached hydrogens (tertiary/aromatic N) is 5. The zero-order valence-electron chi connectivity index (χ0n) is 19.5. The number of rotatable bonds is 8. The molecule has 2 aromatic carbocycles. The van der Waals surface area contributed by atoms with Crippen LogP contribution in [0.25, 0.3) is 0 Å². The third-order valence-electron chi connectivity index (χ3n) is 6.21. The molecular formula is C22H25FN6O6. The Morgan fingerprint density at radius 2 is 1.94 bits per heavy atom. The van der Waals surface area contributed by atoms with E-state index in [0.717, 1.165) is 0 Å². The molecule has 0 saturated heterocycles. The highest BCUT2D eigenvalue weighted by Crippen LogP contribution is 2.49. The maximum atomic E-state index is 13.8. The molecule has 0 saturated carbocycles. The van der Waals surface area contributed by atoms with Crippen LogP contribution in [0.1, 0.15) is 37.3 Å². The van der Waals surface area contributed by atoms with E-state index in [2.05, 4.69) is 20.6 Å². The van der Waals surface area contributed by atoms with Crippen LogP contribution in [0.3, 0.4) is 0 Å². The van der Waals surface area contributed by atoms with Crippen molar-refractivity contribution in [3.8, 4) is 5.75 Å². The molecule has 1 aliphatic heterocycles. The summed E-state index contributed by atoms with van der Waals surface area (Å²) in [5.41, 5.74) is -0.780. The molecule has 3 aromatic rings. The molecule has 0 bridgehead atoms. The second kappa shape index (κ2) is 9.52. The summed E-state index contributed by atoms with van der Waals surface area (Å²) in [5.74, 6) is 0.129. The van der Waals surface area contributed by atoms with Gasteiger partial charge in [-0.05, 0) is 44.2 Å². The van der Waals surface area contributed by atoms with Gasteiger partial charge in [-0.25, -0.2) is 4.39 Å². The fourth-order valence-electron chi connectivity index (χ4n) is 4.52. The van der Waals surface area contributed by atoms with Crippen molar-refractivity contribution in [1.82, 2.24) is 20.6 Å². The predicted octanol–water partition coefficient (Wildman–Crippen LogP) is 2.69. The SMILES string of the molecule is COC(OC)[C@@]1(C)Oc2ccc([N+](=O)[O-])cc2C(N(c2ccc(F)cc2)C(C)c2nn[nH]n2)C1O. The first-order chi connectivity index (χ1) is 16.7. The van der Waals surface area contributed by atoms with Gasteiger partial charge in [-0.3, -0.25) is 10.1 Å². The Labute approximate surface area is 199 Å². The Hall–Kier alpha value is -3.68. The number of hydrogen-bond acceptors (Lipinski definition) is 10. The topological polar surface area (TPSA) is 149 Å². The molecular weight excluding hydrogens is 463 g/mol. The van der Waals surface area contributed by atoms with Crippen molar-refractivity contribution in [2.24, 2.45) is 0 Å². The van der Waals surface area contributed by atoms with Gasteiger partial charge in [0.2, 0.25) is 0 Å². The summed E-state index contributed by atoms with van der Waals surface area (Å²) >= 11 is 0. The fourth-order valence-corrected chi connectivity index (χ4v) is 4.52. The van der Waals surface area contributed by atoms with E-state index in [1.165, 1.54) is 56.7 Å². The number of nitro benzene ring substituents is 1. The van der Waals surface area contributed by atoms with Crippen LogP contribution in [-0.2, 0) is 9.47 Å². The highest BCUT2D eigenvalue weighted by molar-refractivity contribution is 5.56. The number of aliphatic hydroxyl groups excluding tert-OH is 1. The molecule has 1 aliphatic rings. The number of anilines is 1. The summed E-state index contributed by atoms with van der Waals surface area (Å²) in [7, 11) is 2.82. The summed E-state index contributed by atoms with van der Waals surface area (Å²) in [4.78, 5) is 12.8. The first kappa shape index (κ1) is 24.4. The van der Waals surface area contributed by atoms with Crippen LogP contribution >= 0.6 is 0 Å². The standard InChI is InChI=1S/C22H25FN6O6/c1-12(20-24-26-27-25-20)28(14-7-5-13(23)6-8-14)18-16-11-15(29(31)32)9-10-17(16)35-22(2,19(18)30)21(33-3)34-4/h5-12,18-19,21,30H,1-4H3,(H,24,25,26,27)/t12?,18?,19?,22-/m0/s1. The Bertz CT molecular complexity index is 1180. The largest absolute Gasteiger partial charge is 0.479 e. The van der Waals surface area contributed by atoms with E-state index in [1.54, 1.807) is 18.7 Å².